The molecule has 0 spiro atoms. The van der Waals surface area contributed by atoms with Crippen molar-refractivity contribution in [3.05, 3.63) is 36.0 Å². The molecule has 6 nitrogen and oxygen atoms in total. The van der Waals surface area contributed by atoms with E-state index in [9.17, 15) is 4.79 Å². The average molecular weight is 283 g/mol. The number of ether oxygens (including phenoxy) is 1. The highest BCUT2D eigenvalue weighted by Gasteiger charge is 2.14. The van der Waals surface area contributed by atoms with Gasteiger partial charge in [0.05, 0.1) is 7.11 Å². The number of alkyl halides is 1. The summed E-state index contributed by atoms with van der Waals surface area (Å²) in [5, 5.41) is 6.27. The van der Waals surface area contributed by atoms with E-state index in [0.29, 0.717) is 6.54 Å². The predicted octanol–water partition coefficient (Wildman–Crippen LogP) is 1.20. The molecular weight excluding hydrogens is 270 g/mol. The minimum atomic E-state index is -0.339. The lowest BCUT2D eigenvalue weighted by molar-refractivity contribution is -0.754. The van der Waals surface area contributed by atoms with Crippen LogP contribution >= 0.6 is 11.6 Å². The van der Waals surface area contributed by atoms with Crippen molar-refractivity contribution in [3.63, 3.8) is 0 Å². The third kappa shape index (κ3) is 3.69. The Balaban J connectivity index is 2.00. The zero-order valence-electron chi connectivity index (χ0n) is 10.3. The van der Waals surface area contributed by atoms with Crippen LogP contribution in [0.3, 0.4) is 0 Å². The van der Waals surface area contributed by atoms with Gasteiger partial charge in [-0.1, -0.05) is 0 Å². The first-order valence-electron chi connectivity index (χ1n) is 5.56. The highest BCUT2D eigenvalue weighted by atomic mass is 35.5. The maximum Gasteiger partial charge on any atom is 0.302 e. The molecule has 2 rings (SSSR count). The van der Waals surface area contributed by atoms with E-state index in [1.54, 1.807) is 18.0 Å². The van der Waals surface area contributed by atoms with E-state index in [1.165, 1.54) is 0 Å². The van der Waals surface area contributed by atoms with Gasteiger partial charge in [0.1, 0.15) is 11.6 Å². The Morgan fingerprint density at radius 1 is 1.47 bits per heavy atom. The Kier molecular flexibility index (Phi) is 4.35. The quantitative estimate of drug-likeness (QED) is 0.661. The maximum atomic E-state index is 11.1. The first-order chi connectivity index (χ1) is 9.21. The summed E-state index contributed by atoms with van der Waals surface area (Å²) >= 11 is 5.37. The second-order valence-corrected chi connectivity index (χ2v) is 4.06. The molecule has 1 aromatic carbocycles. The molecule has 0 aliphatic carbocycles. The van der Waals surface area contributed by atoms with Crippen LogP contribution in [0.25, 0.3) is 0 Å². The van der Waals surface area contributed by atoms with Gasteiger partial charge in [-0.25, -0.2) is 0 Å². The lowest BCUT2D eigenvalue weighted by Crippen LogP contribution is -2.35. The van der Waals surface area contributed by atoms with Crippen molar-refractivity contribution in [1.82, 2.24) is 5.27 Å². The molecule has 7 heteroatoms. The molecule has 0 saturated heterocycles. The van der Waals surface area contributed by atoms with Gasteiger partial charge >= 0.3 is 5.88 Å². The van der Waals surface area contributed by atoms with Gasteiger partial charge in [0, 0.05) is 5.56 Å². The monoisotopic (exact) mass is 282 g/mol. The third-order valence-electron chi connectivity index (χ3n) is 2.40. The first kappa shape index (κ1) is 13.4. The lowest BCUT2D eigenvalue weighted by atomic mass is 10.2. The number of anilines is 1. The molecule has 0 bridgehead atoms. The second-order valence-electron chi connectivity index (χ2n) is 3.79. The number of hydrogen-bond donors (Lipinski definition) is 1. The van der Waals surface area contributed by atoms with Crippen LogP contribution in [0.1, 0.15) is 5.56 Å². The van der Waals surface area contributed by atoms with Crippen molar-refractivity contribution < 1.29 is 18.7 Å². The molecule has 0 atom stereocenters. The van der Waals surface area contributed by atoms with Crippen LogP contribution in [0.2, 0.25) is 0 Å². The number of methoxy groups -OCH3 is 1. The number of carbonyl (C=O) groups is 1. The summed E-state index contributed by atoms with van der Waals surface area (Å²) in [5.41, 5.74) is 1.04. The average Bonchev–Trinajstić information content (AvgIpc) is 2.86. The molecule has 1 heterocycles. The molecule has 100 valence electrons. The van der Waals surface area contributed by atoms with Crippen LogP contribution in [0.5, 0.6) is 5.75 Å². The predicted molar refractivity (Wildman–Crippen MR) is 68.1 cm³/mol. The standard InChI is InChI=1S/C12H12ClN3O3/c1-18-10-4-2-9(3-5-10)7-16-8-12(19-15-16)14-11(17)6-13/h2-5,8H,6-7H2,1H3/p+1. The Morgan fingerprint density at radius 3 is 2.84 bits per heavy atom. The number of nitrogens with one attached hydrogen (secondary N) is 1. The number of benzene rings is 1. The Morgan fingerprint density at radius 2 is 2.21 bits per heavy atom. The van der Waals surface area contributed by atoms with Crippen molar-refractivity contribution >= 4 is 23.4 Å². The number of nitrogens with zero attached hydrogens (tertiary/aromatic N) is 2. The number of halogens is 1. The van der Waals surface area contributed by atoms with E-state index in [-0.39, 0.29) is 17.7 Å². The molecule has 0 aliphatic heterocycles. The fourth-order valence-corrected chi connectivity index (χ4v) is 1.56. The summed E-state index contributed by atoms with van der Waals surface area (Å²) < 4.78 is 11.6. The smallest absolute Gasteiger partial charge is 0.302 e. The number of carbonyl (C=O) groups excluding carboxylic acids is 1. The van der Waals surface area contributed by atoms with Crippen molar-refractivity contribution in [2.75, 3.05) is 18.3 Å². The SMILES string of the molecule is COc1ccc(C[n+]2cc(NC(=O)CCl)on2)cc1. The molecular formula is C12H13ClN3O3+. The van der Waals surface area contributed by atoms with Crippen molar-refractivity contribution in [1.29, 1.82) is 0 Å². The summed E-state index contributed by atoms with van der Waals surface area (Å²) in [7, 11) is 1.62. The van der Waals surface area contributed by atoms with Crippen molar-refractivity contribution in [2.45, 2.75) is 6.54 Å². The Labute approximate surface area is 114 Å². The zero-order chi connectivity index (χ0) is 13.7. The zero-order valence-corrected chi connectivity index (χ0v) is 11.1. The van der Waals surface area contributed by atoms with Crippen LogP contribution in [-0.2, 0) is 11.3 Å². The topological polar surface area (TPSA) is 68.2 Å². The number of aromatic nitrogens is 2. The number of rotatable bonds is 5. The highest BCUT2D eigenvalue weighted by molar-refractivity contribution is 6.28. The van der Waals surface area contributed by atoms with Gasteiger partial charge in [0.2, 0.25) is 17.7 Å². The van der Waals surface area contributed by atoms with E-state index in [2.05, 4.69) is 10.6 Å². The number of hydrogen-bond acceptors (Lipinski definition) is 4. The van der Waals surface area contributed by atoms with Crippen molar-refractivity contribution in [2.24, 2.45) is 0 Å². The van der Waals surface area contributed by atoms with Gasteiger partial charge in [-0.3, -0.25) is 14.6 Å². The van der Waals surface area contributed by atoms with Gasteiger partial charge in [0.25, 0.3) is 6.20 Å². The van der Waals surface area contributed by atoms with Gasteiger partial charge in [-0.05, 0) is 28.9 Å². The summed E-state index contributed by atoms with van der Waals surface area (Å²) in [4.78, 5) is 11.1. The fourth-order valence-electron chi connectivity index (χ4n) is 1.50. The van der Waals surface area contributed by atoms with Crippen LogP contribution in [0.4, 0.5) is 5.88 Å². The van der Waals surface area contributed by atoms with E-state index in [1.807, 2.05) is 24.3 Å². The van der Waals surface area contributed by atoms with Crippen LogP contribution in [0, 0.1) is 0 Å². The highest BCUT2D eigenvalue weighted by Crippen LogP contribution is 2.11. The Bertz CT molecular complexity index is 554. The number of amides is 1. The molecule has 19 heavy (non-hydrogen) atoms. The molecule has 0 saturated carbocycles. The largest absolute Gasteiger partial charge is 0.497 e. The van der Waals surface area contributed by atoms with Gasteiger partial charge in [-0.2, -0.15) is 0 Å². The fraction of sp³-hybridized carbons (Fsp3) is 0.250. The molecule has 1 amide bonds. The van der Waals surface area contributed by atoms with Crippen molar-refractivity contribution in [3.8, 4) is 5.75 Å². The molecule has 2 aromatic rings. The molecule has 0 unspecified atom stereocenters. The third-order valence-corrected chi connectivity index (χ3v) is 2.64. The summed E-state index contributed by atoms with van der Waals surface area (Å²) in [6.45, 7) is 0.532. The van der Waals surface area contributed by atoms with E-state index < -0.39 is 0 Å². The molecule has 1 N–H and O–H groups in total. The summed E-state index contributed by atoms with van der Waals surface area (Å²) in [5.74, 6) is 0.594. The minimum Gasteiger partial charge on any atom is -0.497 e. The molecule has 0 radical (unpaired) electrons. The maximum absolute atomic E-state index is 11.1. The minimum absolute atomic E-state index is 0.126. The molecule has 0 aliphatic rings. The van der Waals surface area contributed by atoms with Crippen LogP contribution in [0.15, 0.2) is 35.0 Å². The summed E-state index contributed by atoms with van der Waals surface area (Å²) in [6.07, 6.45) is 1.59. The lowest BCUT2D eigenvalue weighted by Gasteiger charge is -1.98. The normalized spacial score (nSPS) is 10.2. The van der Waals surface area contributed by atoms with E-state index in [4.69, 9.17) is 20.9 Å². The van der Waals surface area contributed by atoms with Gasteiger partial charge < -0.3 is 4.74 Å². The second kappa shape index (κ2) is 6.19. The van der Waals surface area contributed by atoms with E-state index >= 15 is 0 Å². The molecule has 1 aromatic heterocycles. The van der Waals surface area contributed by atoms with Gasteiger partial charge in [0.15, 0.2) is 0 Å². The van der Waals surface area contributed by atoms with Gasteiger partial charge in [-0.15, -0.1) is 11.6 Å². The summed E-state index contributed by atoms with van der Waals surface area (Å²) in [6, 6.07) is 7.59. The van der Waals surface area contributed by atoms with Crippen LogP contribution in [-0.4, -0.2) is 24.2 Å². The molecule has 0 fully saturated rings. The Hall–Kier alpha value is -2.08. The van der Waals surface area contributed by atoms with E-state index in [0.717, 1.165) is 11.3 Å². The first-order valence-corrected chi connectivity index (χ1v) is 6.10. The van der Waals surface area contributed by atoms with Crippen LogP contribution < -0.4 is 14.7 Å².